The zero-order valence-electron chi connectivity index (χ0n) is 21.8. The van der Waals surface area contributed by atoms with E-state index >= 15 is 0 Å². The number of hydrogen-bond donors (Lipinski definition) is 0. The first-order chi connectivity index (χ1) is 20.4. The Morgan fingerprint density at radius 1 is 0.667 bits per heavy atom. The smallest absolute Gasteiger partial charge is 0.350 e. The van der Waals surface area contributed by atoms with E-state index in [1.54, 1.807) is 22.7 Å². The van der Waals surface area contributed by atoms with Gasteiger partial charge in [0.15, 0.2) is 0 Å². The SMILES string of the molecule is [C-]#[N+]C(C#N)=Nc1ccc(-c2cc3c(s2)c2cc4c(cc2n3C)c2sc(-c3ccc(N=C(C#N)C#N)s3)cc2n4C)s1. The van der Waals surface area contributed by atoms with E-state index in [1.807, 2.05) is 42.5 Å². The molecule has 0 saturated carbocycles. The van der Waals surface area contributed by atoms with Crippen LogP contribution in [0, 0.1) is 40.6 Å². The van der Waals surface area contributed by atoms with Crippen LogP contribution in [0.15, 0.2) is 58.5 Å². The van der Waals surface area contributed by atoms with Gasteiger partial charge in [-0.1, -0.05) is 22.9 Å². The van der Waals surface area contributed by atoms with Gasteiger partial charge in [-0.25, -0.2) is 10.3 Å². The molecular weight excluding hydrogens is 601 g/mol. The van der Waals surface area contributed by atoms with Gasteiger partial charge in [-0.2, -0.15) is 10.5 Å². The molecule has 6 aromatic heterocycles. The van der Waals surface area contributed by atoms with Crippen LogP contribution in [-0.2, 0) is 14.1 Å². The maximum absolute atomic E-state index is 9.03. The van der Waals surface area contributed by atoms with Crippen molar-refractivity contribution in [3.8, 4) is 37.7 Å². The Morgan fingerprint density at radius 3 is 1.62 bits per heavy atom. The highest BCUT2D eigenvalue weighted by Gasteiger charge is 2.20. The fourth-order valence-electron chi connectivity index (χ4n) is 5.05. The molecule has 0 amide bonds. The number of fused-ring (bicyclic) bond motifs is 6. The first-order valence-corrected chi connectivity index (χ1v) is 15.6. The molecule has 0 aliphatic heterocycles. The zero-order chi connectivity index (χ0) is 29.1. The maximum atomic E-state index is 9.03. The van der Waals surface area contributed by atoms with Crippen LogP contribution in [0.25, 0.3) is 66.6 Å². The van der Waals surface area contributed by atoms with Gasteiger partial charge >= 0.3 is 5.84 Å². The minimum Gasteiger partial charge on any atom is -0.351 e. The van der Waals surface area contributed by atoms with Crippen LogP contribution in [0.4, 0.5) is 10.0 Å². The minimum atomic E-state index is -0.163. The average molecular weight is 615 g/mol. The van der Waals surface area contributed by atoms with E-state index in [4.69, 9.17) is 22.4 Å². The van der Waals surface area contributed by atoms with Crippen molar-refractivity contribution >= 4 is 109 Å². The average Bonchev–Trinajstić information content (AvgIpc) is 3.84. The molecule has 0 spiro atoms. The maximum Gasteiger partial charge on any atom is 0.350 e. The first-order valence-electron chi connectivity index (χ1n) is 12.3. The Bertz CT molecular complexity index is 2290. The molecule has 6 heterocycles. The van der Waals surface area contributed by atoms with Crippen LogP contribution in [0.1, 0.15) is 0 Å². The summed E-state index contributed by atoms with van der Waals surface area (Å²) >= 11 is 6.41. The molecule has 0 aliphatic rings. The lowest BCUT2D eigenvalue weighted by Gasteiger charge is -2.01. The highest BCUT2D eigenvalue weighted by Crippen LogP contribution is 2.47. The lowest BCUT2D eigenvalue weighted by atomic mass is 10.2. The van der Waals surface area contributed by atoms with Gasteiger partial charge in [-0.15, -0.1) is 34.0 Å². The van der Waals surface area contributed by atoms with E-state index in [0.717, 1.165) is 36.1 Å². The number of aryl methyl sites for hydroxylation is 2. The van der Waals surface area contributed by atoms with Crippen molar-refractivity contribution in [3.05, 3.63) is 59.9 Å². The molecule has 0 fully saturated rings. The predicted octanol–water partition coefficient (Wildman–Crippen LogP) is 9.15. The Morgan fingerprint density at radius 2 is 1.17 bits per heavy atom. The molecule has 1 aromatic carbocycles. The lowest BCUT2D eigenvalue weighted by Crippen LogP contribution is -1.88. The van der Waals surface area contributed by atoms with Gasteiger partial charge in [-0.05, 0) is 48.5 Å². The lowest BCUT2D eigenvalue weighted by molar-refractivity contribution is 1.01. The normalized spacial score (nSPS) is 11.6. The predicted molar refractivity (Wildman–Crippen MR) is 174 cm³/mol. The number of hydrogen-bond acceptors (Lipinski definition) is 9. The standard InChI is InChI=1S/C30H14N8S4/c1-34-26(14-33)36-28-7-5-23(40-28)25-11-21-30(42-25)17-9-18-16(8-19(17)38(21)3)29-20(37(18)2)10-24(41-29)22-4-6-27(39-22)35-15(12-31)13-32/h4-11H,2-3H3. The number of aromatic nitrogens is 2. The summed E-state index contributed by atoms with van der Waals surface area (Å²) in [5.41, 5.74) is 4.49. The van der Waals surface area contributed by atoms with Gasteiger partial charge in [0.25, 0.3) is 0 Å². The summed E-state index contributed by atoms with van der Waals surface area (Å²) in [5, 5.41) is 30.8. The molecule has 0 radical (unpaired) electrons. The van der Waals surface area contributed by atoms with E-state index < -0.39 is 0 Å². The van der Waals surface area contributed by atoms with Gasteiger partial charge in [-0.3, -0.25) is 0 Å². The second-order valence-corrected chi connectivity index (χ2v) is 13.5. The van der Waals surface area contributed by atoms with Gasteiger partial charge in [0, 0.05) is 44.4 Å². The molecule has 0 atom stereocenters. The minimum absolute atomic E-state index is 0.149. The summed E-state index contributed by atoms with van der Waals surface area (Å²) in [7, 11) is 4.19. The van der Waals surface area contributed by atoms with Gasteiger partial charge in [0.2, 0.25) is 10.7 Å². The summed E-state index contributed by atoms with van der Waals surface area (Å²) in [6.07, 6.45) is 0. The fourth-order valence-corrected chi connectivity index (χ4v) is 9.40. The van der Waals surface area contributed by atoms with E-state index in [9.17, 15) is 0 Å². The molecule has 0 unspecified atom stereocenters. The molecule has 0 aliphatic carbocycles. The third kappa shape index (κ3) is 3.94. The number of aliphatic imine (C=N–C) groups is 2. The van der Waals surface area contributed by atoms with Crippen LogP contribution in [0.2, 0.25) is 0 Å². The second kappa shape index (κ2) is 9.78. The van der Waals surface area contributed by atoms with Crippen molar-refractivity contribution in [2.75, 3.05) is 0 Å². The summed E-state index contributed by atoms with van der Waals surface area (Å²) in [5.74, 6) is -0.163. The Labute approximate surface area is 254 Å². The fraction of sp³-hybridized carbons (Fsp3) is 0.0667. The number of nitrogens with zero attached hydrogens (tertiary/aromatic N) is 8. The third-order valence-corrected chi connectivity index (χ3v) is 11.7. The van der Waals surface area contributed by atoms with Crippen LogP contribution in [0.5, 0.6) is 0 Å². The highest BCUT2D eigenvalue weighted by atomic mass is 32.1. The highest BCUT2D eigenvalue weighted by molar-refractivity contribution is 7.28. The monoisotopic (exact) mass is 614 g/mol. The molecule has 42 heavy (non-hydrogen) atoms. The Kier molecular flexibility index (Phi) is 6.02. The number of amidine groups is 1. The van der Waals surface area contributed by atoms with Gasteiger partial charge < -0.3 is 14.0 Å². The van der Waals surface area contributed by atoms with Crippen LogP contribution < -0.4 is 0 Å². The van der Waals surface area contributed by atoms with E-state index in [0.29, 0.717) is 10.0 Å². The van der Waals surface area contributed by atoms with Gasteiger partial charge in [0.05, 0.1) is 31.5 Å². The molecule has 7 rings (SSSR count). The Balaban J connectivity index is 1.32. The Hall–Kier alpha value is -5.08. The number of rotatable bonds is 4. The van der Waals surface area contributed by atoms with Gasteiger partial charge in [0.1, 0.15) is 23.2 Å². The van der Waals surface area contributed by atoms with E-state index in [1.165, 1.54) is 48.4 Å². The number of nitriles is 3. The van der Waals surface area contributed by atoms with Crippen molar-refractivity contribution < 1.29 is 0 Å². The molecule has 198 valence electrons. The third-order valence-electron chi connectivity index (χ3n) is 7.00. The second-order valence-electron chi connectivity index (χ2n) is 9.27. The van der Waals surface area contributed by atoms with Crippen LogP contribution >= 0.6 is 45.3 Å². The molecule has 0 N–H and O–H groups in total. The summed E-state index contributed by atoms with van der Waals surface area (Å²) in [4.78, 5) is 15.8. The topological polar surface area (TPSA) is 110 Å². The molecule has 7 aromatic rings. The molecule has 0 bridgehead atoms. The van der Waals surface area contributed by atoms with Crippen molar-refractivity contribution in [1.82, 2.24) is 9.13 Å². The number of benzene rings is 1. The first kappa shape index (κ1) is 25.9. The quantitative estimate of drug-likeness (QED) is 0.112. The van der Waals surface area contributed by atoms with Crippen molar-refractivity contribution in [2.24, 2.45) is 24.1 Å². The van der Waals surface area contributed by atoms with Crippen molar-refractivity contribution in [2.45, 2.75) is 0 Å². The molecule has 0 saturated heterocycles. The van der Waals surface area contributed by atoms with Crippen LogP contribution in [0.3, 0.4) is 0 Å². The van der Waals surface area contributed by atoms with Crippen LogP contribution in [-0.4, -0.2) is 20.7 Å². The van der Waals surface area contributed by atoms with Crippen molar-refractivity contribution in [3.63, 3.8) is 0 Å². The summed E-state index contributed by atoms with van der Waals surface area (Å²) in [6, 6.07) is 22.1. The zero-order valence-corrected chi connectivity index (χ0v) is 25.1. The van der Waals surface area contributed by atoms with E-state index in [2.05, 4.69) is 62.3 Å². The largest absolute Gasteiger partial charge is 0.351 e. The molecule has 8 nitrogen and oxygen atoms in total. The molecule has 12 heteroatoms. The summed E-state index contributed by atoms with van der Waals surface area (Å²) < 4.78 is 6.90. The summed E-state index contributed by atoms with van der Waals surface area (Å²) in [6.45, 7) is 7.07. The number of thiophene rings is 4. The van der Waals surface area contributed by atoms with Crippen molar-refractivity contribution in [1.29, 1.82) is 15.8 Å². The van der Waals surface area contributed by atoms with E-state index in [-0.39, 0.29) is 11.5 Å². The molecular formula is C30H14N8S4.